The lowest BCUT2D eigenvalue weighted by atomic mass is 9.85. The van der Waals surface area contributed by atoms with E-state index in [4.69, 9.17) is 18.5 Å². The van der Waals surface area contributed by atoms with Gasteiger partial charge in [-0.15, -0.1) is 0 Å². The predicted octanol–water partition coefficient (Wildman–Crippen LogP) is 7.66. The Morgan fingerprint density at radius 1 is 0.536 bits per heavy atom. The summed E-state index contributed by atoms with van der Waals surface area (Å²) in [5.41, 5.74) is 0. The van der Waals surface area contributed by atoms with Gasteiger partial charge in [0.1, 0.15) is 43.2 Å². The van der Waals surface area contributed by atoms with Crippen LogP contribution >= 0.6 is 7.82 Å². The molecule has 1 aliphatic carbocycles. The third-order valence-electron chi connectivity index (χ3n) is 9.86. The zero-order valence-electron chi connectivity index (χ0n) is 40.2. The van der Waals surface area contributed by atoms with Gasteiger partial charge >= 0.3 is 19.8 Å². The normalized spacial score (nSPS) is 23.1. The first-order chi connectivity index (χ1) is 33.2. The van der Waals surface area contributed by atoms with Crippen molar-refractivity contribution in [3.8, 4) is 0 Å². The third-order valence-corrected chi connectivity index (χ3v) is 10.8. The van der Waals surface area contributed by atoms with Crippen molar-refractivity contribution in [3.63, 3.8) is 0 Å². The van der Waals surface area contributed by atoms with Crippen LogP contribution in [-0.2, 0) is 32.7 Å². The molecule has 15 nitrogen and oxygen atoms in total. The number of carbonyl (C=O) groups excluding carboxylic acids is 2. The average Bonchev–Trinajstić information content (AvgIpc) is 3.32. The van der Waals surface area contributed by atoms with Crippen LogP contribution in [0.5, 0.6) is 0 Å². The topological polar surface area (TPSA) is 250 Å². The smallest absolute Gasteiger partial charge is 0.462 e. The largest absolute Gasteiger partial charge is 0.472 e. The zero-order valence-corrected chi connectivity index (χ0v) is 41.1. The van der Waals surface area contributed by atoms with Crippen molar-refractivity contribution < 1.29 is 73.3 Å². The van der Waals surface area contributed by atoms with E-state index in [-0.39, 0.29) is 12.8 Å². The lowest BCUT2D eigenvalue weighted by Gasteiger charge is -2.41. The van der Waals surface area contributed by atoms with Gasteiger partial charge in [-0.1, -0.05) is 160 Å². The predicted molar refractivity (Wildman–Crippen MR) is 269 cm³/mol. The molecule has 0 spiro atoms. The van der Waals surface area contributed by atoms with Gasteiger partial charge in [0, 0.05) is 12.8 Å². The van der Waals surface area contributed by atoms with Crippen molar-refractivity contribution in [1.82, 2.24) is 0 Å². The molecule has 386 valence electrons. The first-order valence-corrected chi connectivity index (χ1v) is 25.4. The quantitative estimate of drug-likeness (QED) is 0.00987. The minimum Gasteiger partial charge on any atom is -0.462 e. The summed E-state index contributed by atoms with van der Waals surface area (Å²) in [6.07, 6.45) is 39.7. The number of unbranched alkanes of at least 4 members (excludes halogenated alkanes) is 1. The van der Waals surface area contributed by atoms with Crippen LogP contribution in [0.2, 0.25) is 0 Å². The number of ether oxygens (including phenoxy) is 2. The molecule has 1 saturated carbocycles. The molecule has 69 heavy (non-hydrogen) atoms. The highest BCUT2D eigenvalue weighted by Crippen LogP contribution is 2.47. The molecule has 0 saturated heterocycles. The molecule has 1 rings (SSSR count). The van der Waals surface area contributed by atoms with E-state index in [0.717, 1.165) is 38.5 Å². The van der Waals surface area contributed by atoms with Gasteiger partial charge in [0.2, 0.25) is 0 Å². The number of carbonyl (C=O) groups is 2. The summed E-state index contributed by atoms with van der Waals surface area (Å²) >= 11 is 0. The molecule has 10 atom stereocenters. The maximum atomic E-state index is 12.8. The van der Waals surface area contributed by atoms with Crippen molar-refractivity contribution >= 4 is 19.8 Å². The summed E-state index contributed by atoms with van der Waals surface area (Å²) in [5, 5.41) is 70.2. The number of phosphoric acid groups is 1. The fraction of sp³-hybridized carbons (Fsp3) is 0.509. The second-order valence-corrected chi connectivity index (χ2v) is 17.3. The van der Waals surface area contributed by atoms with Gasteiger partial charge in [-0.2, -0.15) is 0 Å². The first-order valence-electron chi connectivity index (χ1n) is 23.9. The fourth-order valence-electron chi connectivity index (χ4n) is 6.05. The van der Waals surface area contributed by atoms with Crippen LogP contribution in [0.1, 0.15) is 104 Å². The lowest BCUT2D eigenvalue weighted by molar-refractivity contribution is -0.220. The van der Waals surface area contributed by atoms with E-state index >= 15 is 0 Å². The molecule has 0 aromatic heterocycles. The van der Waals surface area contributed by atoms with Gasteiger partial charge < -0.3 is 50.1 Å². The molecule has 0 aromatic carbocycles. The number of esters is 2. The summed E-state index contributed by atoms with van der Waals surface area (Å²) in [7, 11) is -5.20. The Morgan fingerprint density at radius 3 is 1.59 bits per heavy atom. The summed E-state index contributed by atoms with van der Waals surface area (Å²) in [6, 6.07) is 0. The Kier molecular flexibility index (Phi) is 36.7. The number of aliphatic hydroxyl groups excluding tert-OH is 7. The molecular weight excluding hydrogens is 908 g/mol. The molecule has 1 fully saturated rings. The third kappa shape index (κ3) is 33.0. The van der Waals surface area contributed by atoms with Crippen molar-refractivity contribution in [2.24, 2.45) is 0 Å². The maximum absolute atomic E-state index is 12.8. The molecule has 8 N–H and O–H groups in total. The molecule has 0 heterocycles. The van der Waals surface area contributed by atoms with Crippen molar-refractivity contribution in [3.05, 3.63) is 146 Å². The second-order valence-electron chi connectivity index (χ2n) is 15.9. The van der Waals surface area contributed by atoms with Crippen molar-refractivity contribution in [2.45, 2.75) is 159 Å². The van der Waals surface area contributed by atoms with Gasteiger partial charge in [-0.3, -0.25) is 18.6 Å². The lowest BCUT2D eigenvalue weighted by Crippen LogP contribution is -2.64. The van der Waals surface area contributed by atoms with E-state index in [1.165, 1.54) is 0 Å². The van der Waals surface area contributed by atoms with E-state index in [0.29, 0.717) is 38.5 Å². The molecule has 0 amide bonds. The van der Waals surface area contributed by atoms with Crippen LogP contribution in [-0.4, -0.2) is 121 Å². The summed E-state index contributed by atoms with van der Waals surface area (Å²) in [4.78, 5) is 35.7. The first kappa shape index (κ1) is 62.7. The van der Waals surface area contributed by atoms with Crippen LogP contribution in [0.25, 0.3) is 0 Å². The fourth-order valence-corrected chi connectivity index (χ4v) is 7.02. The molecule has 3 unspecified atom stereocenters. The highest BCUT2D eigenvalue weighted by molar-refractivity contribution is 7.47. The molecule has 0 bridgehead atoms. The standard InChI is InChI=1S/C53H79O15P/c1-3-5-7-8-9-10-11-12-13-14-15-16-17-18-19-20-24-27-33-40-47(57)67-45(42-66-69(63,64)68-53-51(61)49(59)48(58)50(60)52(53)62)41-65-46(56)39-34-28-32-38-44(55)37-31-26-23-21-22-25-30-36-43(54)35-29-6-4-2/h5-7,9-10,12-13,15-16,18-19,22-27,29-32,36-38,43-45,48-55,58-62H,3-4,8,11,14,17,20-21,28,33-35,39-42H2,1-2H3,(H,63,64)/b7-5-,10-9-,13-12-,16-15-,19-18-,25-22-,26-23-,27-24-,29-6-,36-30+,37-31+,38-32-/t43-,44-,45-,48?,49-,50+,51-,52-,53?/m1/s1. The second kappa shape index (κ2) is 40.4. The van der Waals surface area contributed by atoms with Crippen molar-refractivity contribution in [2.75, 3.05) is 13.2 Å². The number of hydrogen-bond acceptors (Lipinski definition) is 14. The van der Waals surface area contributed by atoms with Crippen LogP contribution in [0, 0.1) is 0 Å². The van der Waals surface area contributed by atoms with E-state index < -0.39 is 87.9 Å². The van der Waals surface area contributed by atoms with E-state index in [1.54, 1.807) is 48.6 Å². The van der Waals surface area contributed by atoms with Gasteiger partial charge in [0.05, 0.1) is 18.8 Å². The minimum absolute atomic E-state index is 0.0453. The molecule has 0 aliphatic heterocycles. The Balaban J connectivity index is 2.62. The average molecular weight is 987 g/mol. The monoisotopic (exact) mass is 987 g/mol. The summed E-state index contributed by atoms with van der Waals surface area (Å²) in [5.74, 6) is -1.40. The Hall–Kier alpha value is -4.35. The number of aliphatic hydroxyl groups is 7. The molecule has 1 aliphatic rings. The van der Waals surface area contributed by atoms with E-state index in [2.05, 4.69) is 55.5 Å². The highest BCUT2D eigenvalue weighted by atomic mass is 31.2. The van der Waals surface area contributed by atoms with Crippen LogP contribution in [0.15, 0.2) is 146 Å². The number of rotatable bonds is 36. The number of hydrogen-bond donors (Lipinski definition) is 8. The molecule has 0 aromatic rings. The van der Waals surface area contributed by atoms with Gasteiger partial charge in [-0.05, 0) is 77.0 Å². The van der Waals surface area contributed by atoms with E-state index in [9.17, 15) is 54.8 Å². The summed E-state index contributed by atoms with van der Waals surface area (Å²) in [6.45, 7) is 2.75. The van der Waals surface area contributed by atoms with Gasteiger partial charge in [0.15, 0.2) is 6.10 Å². The number of phosphoric ester groups is 1. The Labute approximate surface area is 409 Å². The Morgan fingerprint density at radius 2 is 1.03 bits per heavy atom. The van der Waals surface area contributed by atoms with Crippen molar-refractivity contribution in [1.29, 1.82) is 0 Å². The zero-order chi connectivity index (χ0) is 51.0. The highest BCUT2D eigenvalue weighted by Gasteiger charge is 2.51. The van der Waals surface area contributed by atoms with E-state index in [1.807, 2.05) is 55.5 Å². The summed E-state index contributed by atoms with van der Waals surface area (Å²) < 4.78 is 33.3. The van der Waals surface area contributed by atoms with Crippen LogP contribution < -0.4 is 0 Å². The van der Waals surface area contributed by atoms with Gasteiger partial charge in [0.25, 0.3) is 0 Å². The number of allylic oxidation sites excluding steroid dienone is 20. The van der Waals surface area contributed by atoms with Gasteiger partial charge in [-0.25, -0.2) is 4.57 Å². The SMILES string of the molecule is CC/C=C\C/C=C\C/C=C\C/C=C\C/C=C\C/C=C\CCC(=O)O[C@H](COC(=O)CCC/C=C\[C@H](O)/C=C/C=C\C/C=C\C=C\[C@H](O)C/C=C\CC)COP(=O)(O)OC1[C@H](O)[C@H](O)C(O)[C@H](O)[C@H]1O. The molecular formula is C53H79O15P. The van der Waals surface area contributed by atoms with Crippen LogP contribution in [0.3, 0.4) is 0 Å². The maximum Gasteiger partial charge on any atom is 0.472 e. The minimum atomic E-state index is -5.20. The Bertz CT molecular complexity index is 1790. The van der Waals surface area contributed by atoms with Crippen LogP contribution in [0.4, 0.5) is 0 Å². The molecule has 0 radical (unpaired) electrons. The molecule has 16 heteroatoms.